The van der Waals surface area contributed by atoms with Gasteiger partial charge in [0.05, 0.1) is 0 Å². The highest BCUT2D eigenvalue weighted by molar-refractivity contribution is 5.80. The van der Waals surface area contributed by atoms with Gasteiger partial charge in [-0.3, -0.25) is 4.79 Å². The van der Waals surface area contributed by atoms with Crippen molar-refractivity contribution in [3.63, 3.8) is 0 Å². The van der Waals surface area contributed by atoms with Gasteiger partial charge in [-0.05, 0) is 59.5 Å². The molecule has 0 bridgehead atoms. The van der Waals surface area contributed by atoms with Crippen LogP contribution in [-0.4, -0.2) is 24.0 Å². The lowest BCUT2D eigenvalue weighted by atomic mass is 9.85. The predicted molar refractivity (Wildman–Crippen MR) is 110 cm³/mol. The largest absolute Gasteiger partial charge is 0.483 e. The molecule has 0 fully saturated rings. The SMILES string of the molecule is Cc1ccc(OCC(=O)NCCc2ccc3[nH]ccc3c2)c(C(C)(C)C)c1. The van der Waals surface area contributed by atoms with Gasteiger partial charge in [0.15, 0.2) is 6.61 Å². The summed E-state index contributed by atoms with van der Waals surface area (Å²) in [7, 11) is 0. The van der Waals surface area contributed by atoms with Gasteiger partial charge in [0.1, 0.15) is 5.75 Å². The molecule has 4 heteroatoms. The maximum Gasteiger partial charge on any atom is 0.257 e. The number of benzene rings is 2. The minimum atomic E-state index is -0.0989. The smallest absolute Gasteiger partial charge is 0.257 e. The number of aromatic nitrogens is 1. The van der Waals surface area contributed by atoms with E-state index >= 15 is 0 Å². The molecule has 0 spiro atoms. The van der Waals surface area contributed by atoms with Crippen LogP contribution in [0.15, 0.2) is 48.7 Å². The summed E-state index contributed by atoms with van der Waals surface area (Å²) in [6, 6.07) is 14.5. The van der Waals surface area contributed by atoms with Crippen molar-refractivity contribution >= 4 is 16.8 Å². The zero-order valence-electron chi connectivity index (χ0n) is 16.6. The zero-order chi connectivity index (χ0) is 19.4. The third-order valence-corrected chi connectivity index (χ3v) is 4.66. The number of aryl methyl sites for hydroxylation is 1. The van der Waals surface area contributed by atoms with Crippen LogP contribution in [-0.2, 0) is 16.6 Å². The average Bonchev–Trinajstić information content (AvgIpc) is 3.07. The van der Waals surface area contributed by atoms with Crippen LogP contribution in [0.25, 0.3) is 10.9 Å². The van der Waals surface area contributed by atoms with Gasteiger partial charge < -0.3 is 15.0 Å². The molecular formula is C23H28N2O2. The number of H-pyrrole nitrogens is 1. The van der Waals surface area contributed by atoms with Gasteiger partial charge in [0, 0.05) is 18.3 Å². The van der Waals surface area contributed by atoms with Crippen molar-refractivity contribution in [2.24, 2.45) is 0 Å². The highest BCUT2D eigenvalue weighted by Crippen LogP contribution is 2.32. The summed E-state index contributed by atoms with van der Waals surface area (Å²) >= 11 is 0. The maximum atomic E-state index is 12.2. The number of aromatic amines is 1. The van der Waals surface area contributed by atoms with Crippen molar-refractivity contribution in [1.29, 1.82) is 0 Å². The Morgan fingerprint density at radius 2 is 1.93 bits per heavy atom. The molecule has 1 heterocycles. The van der Waals surface area contributed by atoms with E-state index in [1.807, 2.05) is 18.3 Å². The first-order chi connectivity index (χ1) is 12.8. The lowest BCUT2D eigenvalue weighted by molar-refractivity contribution is -0.123. The number of ether oxygens (including phenoxy) is 1. The standard InChI is InChI=1S/C23H28N2O2/c1-16-5-8-21(19(13-16)23(2,3)4)27-15-22(26)25-11-9-17-6-7-20-18(14-17)10-12-24-20/h5-8,10,12-14,24H,9,11,15H2,1-4H3,(H,25,26). The third kappa shape index (κ3) is 4.91. The summed E-state index contributed by atoms with van der Waals surface area (Å²) in [5.41, 5.74) is 4.61. The zero-order valence-corrected chi connectivity index (χ0v) is 16.6. The molecule has 0 saturated carbocycles. The van der Waals surface area contributed by atoms with Crippen LogP contribution >= 0.6 is 0 Å². The highest BCUT2D eigenvalue weighted by Gasteiger charge is 2.19. The number of hydrogen-bond acceptors (Lipinski definition) is 2. The van der Waals surface area contributed by atoms with Crippen LogP contribution in [0.4, 0.5) is 0 Å². The number of rotatable bonds is 6. The number of carbonyl (C=O) groups is 1. The second kappa shape index (κ2) is 7.87. The lowest BCUT2D eigenvalue weighted by Crippen LogP contribution is -2.31. The molecule has 2 N–H and O–H groups in total. The van der Waals surface area contributed by atoms with Crippen molar-refractivity contribution in [3.8, 4) is 5.75 Å². The summed E-state index contributed by atoms with van der Waals surface area (Å²) < 4.78 is 5.81. The van der Waals surface area contributed by atoms with E-state index in [4.69, 9.17) is 4.74 Å². The molecular weight excluding hydrogens is 336 g/mol. The van der Waals surface area contributed by atoms with Gasteiger partial charge in [0.25, 0.3) is 5.91 Å². The quantitative estimate of drug-likeness (QED) is 0.676. The average molecular weight is 364 g/mol. The van der Waals surface area contributed by atoms with Crippen LogP contribution in [0.1, 0.15) is 37.5 Å². The first kappa shape index (κ1) is 19.0. The fourth-order valence-corrected chi connectivity index (χ4v) is 3.15. The van der Waals surface area contributed by atoms with Crippen molar-refractivity contribution in [3.05, 3.63) is 65.4 Å². The normalized spacial score (nSPS) is 11.6. The Kier molecular flexibility index (Phi) is 5.54. The van der Waals surface area contributed by atoms with Crippen LogP contribution in [0, 0.1) is 6.92 Å². The van der Waals surface area contributed by atoms with E-state index in [-0.39, 0.29) is 17.9 Å². The van der Waals surface area contributed by atoms with E-state index in [2.05, 4.69) is 68.3 Å². The first-order valence-electron chi connectivity index (χ1n) is 9.39. The molecule has 3 rings (SSSR count). The lowest BCUT2D eigenvalue weighted by Gasteiger charge is -2.23. The Bertz CT molecular complexity index is 935. The molecule has 0 radical (unpaired) electrons. The van der Waals surface area contributed by atoms with Crippen LogP contribution in [0.3, 0.4) is 0 Å². The minimum absolute atomic E-state index is 0.0307. The molecule has 0 aliphatic heterocycles. The Morgan fingerprint density at radius 3 is 2.70 bits per heavy atom. The van der Waals surface area contributed by atoms with Gasteiger partial charge >= 0.3 is 0 Å². The van der Waals surface area contributed by atoms with Gasteiger partial charge in [0.2, 0.25) is 0 Å². The van der Waals surface area contributed by atoms with Crippen molar-refractivity contribution < 1.29 is 9.53 Å². The fraction of sp³-hybridized carbons (Fsp3) is 0.348. The van der Waals surface area contributed by atoms with E-state index in [1.165, 1.54) is 16.5 Å². The first-order valence-corrected chi connectivity index (χ1v) is 9.39. The summed E-state index contributed by atoms with van der Waals surface area (Å²) in [6.45, 7) is 9.14. The van der Waals surface area contributed by atoms with Gasteiger partial charge in [-0.15, -0.1) is 0 Å². The Labute approximate surface area is 160 Å². The molecule has 1 aromatic heterocycles. The van der Waals surface area contributed by atoms with Crippen LogP contribution < -0.4 is 10.1 Å². The Morgan fingerprint density at radius 1 is 1.11 bits per heavy atom. The predicted octanol–water partition coefficient (Wildman–Crippen LogP) is 4.51. The summed E-state index contributed by atoms with van der Waals surface area (Å²) in [6.07, 6.45) is 2.73. The Hall–Kier alpha value is -2.75. The van der Waals surface area contributed by atoms with E-state index in [0.717, 1.165) is 23.3 Å². The van der Waals surface area contributed by atoms with E-state index in [1.54, 1.807) is 0 Å². The van der Waals surface area contributed by atoms with Crippen molar-refractivity contribution in [2.75, 3.05) is 13.2 Å². The summed E-state index contributed by atoms with van der Waals surface area (Å²) in [4.78, 5) is 15.3. The summed E-state index contributed by atoms with van der Waals surface area (Å²) in [5.74, 6) is 0.680. The van der Waals surface area contributed by atoms with E-state index in [9.17, 15) is 4.79 Å². The highest BCUT2D eigenvalue weighted by atomic mass is 16.5. The monoisotopic (exact) mass is 364 g/mol. The number of carbonyl (C=O) groups excluding carboxylic acids is 1. The van der Waals surface area contributed by atoms with Crippen LogP contribution in [0.5, 0.6) is 5.75 Å². The van der Waals surface area contributed by atoms with Gasteiger partial charge in [-0.1, -0.05) is 44.5 Å². The molecule has 0 saturated heterocycles. The van der Waals surface area contributed by atoms with E-state index in [0.29, 0.717) is 6.54 Å². The minimum Gasteiger partial charge on any atom is -0.483 e. The topological polar surface area (TPSA) is 54.1 Å². The Balaban J connectivity index is 1.51. The molecule has 0 atom stereocenters. The van der Waals surface area contributed by atoms with E-state index < -0.39 is 0 Å². The maximum absolute atomic E-state index is 12.2. The van der Waals surface area contributed by atoms with Crippen LogP contribution in [0.2, 0.25) is 0 Å². The molecule has 0 aliphatic carbocycles. The second-order valence-corrected chi connectivity index (χ2v) is 8.04. The van der Waals surface area contributed by atoms with Crippen molar-refractivity contribution in [1.82, 2.24) is 10.3 Å². The molecule has 1 amide bonds. The number of nitrogens with one attached hydrogen (secondary N) is 2. The molecule has 2 aromatic carbocycles. The third-order valence-electron chi connectivity index (χ3n) is 4.66. The van der Waals surface area contributed by atoms with Gasteiger partial charge in [-0.2, -0.15) is 0 Å². The second-order valence-electron chi connectivity index (χ2n) is 8.04. The molecule has 4 nitrogen and oxygen atoms in total. The number of fused-ring (bicyclic) bond motifs is 1. The van der Waals surface area contributed by atoms with Crippen molar-refractivity contribution in [2.45, 2.75) is 39.5 Å². The number of amides is 1. The van der Waals surface area contributed by atoms with Gasteiger partial charge in [-0.25, -0.2) is 0 Å². The fourth-order valence-electron chi connectivity index (χ4n) is 3.15. The molecule has 142 valence electrons. The summed E-state index contributed by atoms with van der Waals surface area (Å²) in [5, 5.41) is 4.13. The molecule has 3 aromatic rings. The molecule has 0 unspecified atom stereocenters. The number of hydrogen-bond donors (Lipinski definition) is 2. The molecule has 27 heavy (non-hydrogen) atoms. The molecule has 0 aliphatic rings.